The molecule has 1 atom stereocenters. The summed E-state index contributed by atoms with van der Waals surface area (Å²) in [6, 6.07) is 7.30. The van der Waals surface area contributed by atoms with E-state index in [0.717, 1.165) is 50.9 Å². The summed E-state index contributed by atoms with van der Waals surface area (Å²) < 4.78 is 60.2. The van der Waals surface area contributed by atoms with Gasteiger partial charge >= 0.3 is 5.97 Å². The Hall–Kier alpha value is -1.91. The Morgan fingerprint density at radius 2 is 1.09 bits per heavy atom. The highest BCUT2D eigenvalue weighted by molar-refractivity contribution is 5.89. The van der Waals surface area contributed by atoms with Crippen molar-refractivity contribution >= 4 is 11.7 Å². The molecule has 0 saturated carbocycles. The van der Waals surface area contributed by atoms with Gasteiger partial charge in [-0.15, -0.1) is 0 Å². The Bertz CT molecular complexity index is 826. The molecule has 13 nitrogen and oxygen atoms in total. The molecule has 0 spiro atoms. The third kappa shape index (κ3) is 24.8. The molecule has 0 amide bonds. The van der Waals surface area contributed by atoms with Crippen LogP contribution in [-0.4, -0.2) is 144 Å². The zero-order valence-electron chi connectivity index (χ0n) is 28.5. The maximum atomic E-state index is 12.1. The Kier molecular flexibility index (Phi) is 27.5. The largest absolute Gasteiger partial charge is 0.460 e. The van der Waals surface area contributed by atoms with Crippen molar-refractivity contribution in [1.29, 1.82) is 0 Å². The van der Waals surface area contributed by atoms with Crippen LogP contribution in [0.25, 0.3) is 0 Å². The Morgan fingerprint density at radius 3 is 1.51 bits per heavy atom. The molecule has 1 saturated heterocycles. The molecule has 272 valence electrons. The Morgan fingerprint density at radius 1 is 0.638 bits per heavy atom. The van der Waals surface area contributed by atoms with Crippen LogP contribution < -0.4 is 5.32 Å². The summed E-state index contributed by atoms with van der Waals surface area (Å²) in [5, 5.41) is 3.32. The highest BCUT2D eigenvalue weighted by Gasteiger charge is 2.13. The number of hydrogen-bond acceptors (Lipinski definition) is 13. The van der Waals surface area contributed by atoms with Crippen molar-refractivity contribution in [2.75, 3.05) is 137 Å². The number of rotatable bonds is 33. The van der Waals surface area contributed by atoms with Crippen LogP contribution in [0.1, 0.15) is 49.4 Å². The maximum absolute atomic E-state index is 12.1. The second kappa shape index (κ2) is 31.4. The first-order chi connectivity index (χ1) is 23.3. The minimum Gasteiger partial charge on any atom is -0.460 e. The summed E-state index contributed by atoms with van der Waals surface area (Å²) in [6.07, 6.45) is 5.43. The molecule has 1 heterocycles. The minimum absolute atomic E-state index is 0.0695. The van der Waals surface area contributed by atoms with Crippen LogP contribution in [0, 0.1) is 0 Å². The molecule has 1 N–H and O–H groups in total. The lowest BCUT2D eigenvalue weighted by Crippen LogP contribution is -2.24. The van der Waals surface area contributed by atoms with Crippen LogP contribution in [0.5, 0.6) is 0 Å². The van der Waals surface area contributed by atoms with Crippen LogP contribution >= 0.6 is 0 Å². The van der Waals surface area contributed by atoms with Gasteiger partial charge in [0.1, 0.15) is 6.61 Å². The number of esters is 1. The van der Waals surface area contributed by atoms with Crippen LogP contribution in [0.2, 0.25) is 0 Å². The summed E-state index contributed by atoms with van der Waals surface area (Å²) in [5.74, 6) is -0.359. The van der Waals surface area contributed by atoms with Crippen LogP contribution in [-0.2, 0) is 52.1 Å². The van der Waals surface area contributed by atoms with Gasteiger partial charge in [-0.2, -0.15) is 0 Å². The van der Waals surface area contributed by atoms with Gasteiger partial charge in [-0.05, 0) is 49.9 Å². The molecule has 13 heteroatoms. The molecule has 1 aliphatic rings. The number of carbonyl (C=O) groups excluding carboxylic acids is 1. The Balaban J connectivity index is 1.19. The topological polar surface area (TPSA) is 131 Å². The van der Waals surface area contributed by atoms with Gasteiger partial charge in [0.15, 0.2) is 6.29 Å². The third-order valence-corrected chi connectivity index (χ3v) is 6.71. The predicted octanol–water partition coefficient (Wildman–Crippen LogP) is 3.73. The summed E-state index contributed by atoms with van der Waals surface area (Å²) >= 11 is 0. The molecule has 1 aliphatic heterocycles. The van der Waals surface area contributed by atoms with Crippen molar-refractivity contribution in [1.82, 2.24) is 0 Å². The predicted molar refractivity (Wildman–Crippen MR) is 176 cm³/mol. The monoisotopic (exact) mass is 673 g/mol. The van der Waals surface area contributed by atoms with Crippen molar-refractivity contribution in [2.24, 2.45) is 0 Å². The smallest absolute Gasteiger partial charge is 0.338 e. The molecular formula is C34H59NO12. The molecule has 0 aromatic heterocycles. The van der Waals surface area contributed by atoms with Crippen molar-refractivity contribution in [3.05, 3.63) is 29.8 Å². The summed E-state index contributed by atoms with van der Waals surface area (Å²) in [5.41, 5.74) is 1.52. The standard InChI is InChI=1S/C34H59NO12/c1-2-3-11-35-32-9-7-31(8-10-32)34(36)47-30-28-44-26-24-42-22-20-40-18-16-38-14-13-37-15-17-39-19-21-41-23-25-43-27-29-46-33-6-4-5-12-45-33/h7-10,33,35H,2-6,11-30H2,1H3. The maximum Gasteiger partial charge on any atom is 0.338 e. The highest BCUT2D eigenvalue weighted by Crippen LogP contribution is 2.13. The number of nitrogens with one attached hydrogen (secondary N) is 1. The minimum atomic E-state index is -0.359. The van der Waals surface area contributed by atoms with Crippen molar-refractivity contribution in [3.63, 3.8) is 0 Å². The van der Waals surface area contributed by atoms with Gasteiger partial charge in [0.2, 0.25) is 0 Å². The fourth-order valence-electron chi connectivity index (χ4n) is 4.13. The highest BCUT2D eigenvalue weighted by atomic mass is 16.7. The van der Waals surface area contributed by atoms with E-state index in [0.29, 0.717) is 118 Å². The average Bonchev–Trinajstić information content (AvgIpc) is 3.10. The van der Waals surface area contributed by atoms with Crippen molar-refractivity contribution in [2.45, 2.75) is 45.3 Å². The van der Waals surface area contributed by atoms with Gasteiger partial charge in [0.25, 0.3) is 0 Å². The zero-order valence-corrected chi connectivity index (χ0v) is 28.5. The van der Waals surface area contributed by atoms with E-state index in [4.69, 9.17) is 52.1 Å². The SMILES string of the molecule is CCCCNc1ccc(C(=O)OCCOCCOCCOCCOCCOCCOCCOCCOCCOC2CCCCO2)cc1. The zero-order chi connectivity index (χ0) is 33.3. The van der Waals surface area contributed by atoms with Gasteiger partial charge in [-0.25, -0.2) is 4.79 Å². The first-order valence-electron chi connectivity index (χ1n) is 17.2. The number of ether oxygens (including phenoxy) is 11. The number of benzene rings is 1. The second-order valence-electron chi connectivity index (χ2n) is 10.6. The fourth-order valence-corrected chi connectivity index (χ4v) is 4.13. The number of hydrogen-bond donors (Lipinski definition) is 1. The molecule has 1 unspecified atom stereocenters. The van der Waals surface area contributed by atoms with E-state index >= 15 is 0 Å². The van der Waals surface area contributed by atoms with E-state index in [2.05, 4.69) is 12.2 Å². The summed E-state index contributed by atoms with van der Waals surface area (Å²) in [6.45, 7) is 12.3. The number of carbonyl (C=O) groups is 1. The average molecular weight is 674 g/mol. The molecular weight excluding hydrogens is 614 g/mol. The molecule has 47 heavy (non-hydrogen) atoms. The lowest BCUT2D eigenvalue weighted by Gasteiger charge is -2.22. The van der Waals surface area contributed by atoms with E-state index in [1.54, 1.807) is 12.1 Å². The quantitative estimate of drug-likeness (QED) is 0.0860. The van der Waals surface area contributed by atoms with E-state index in [-0.39, 0.29) is 18.9 Å². The fraction of sp³-hybridized carbons (Fsp3) is 0.794. The van der Waals surface area contributed by atoms with Gasteiger partial charge in [-0.1, -0.05) is 13.3 Å². The van der Waals surface area contributed by atoms with Gasteiger partial charge in [0, 0.05) is 18.8 Å². The molecule has 0 aliphatic carbocycles. The lowest BCUT2D eigenvalue weighted by atomic mass is 10.2. The van der Waals surface area contributed by atoms with Crippen molar-refractivity contribution < 1.29 is 56.9 Å². The summed E-state index contributed by atoms with van der Waals surface area (Å²) in [7, 11) is 0. The second-order valence-corrected chi connectivity index (χ2v) is 10.6. The first kappa shape index (κ1) is 41.3. The van der Waals surface area contributed by atoms with Gasteiger partial charge < -0.3 is 57.4 Å². The van der Waals surface area contributed by atoms with E-state index in [9.17, 15) is 4.79 Å². The summed E-state index contributed by atoms with van der Waals surface area (Å²) in [4.78, 5) is 12.1. The van der Waals surface area contributed by atoms with E-state index in [1.807, 2.05) is 12.1 Å². The Labute approximate surface area is 281 Å². The molecule has 1 aromatic carbocycles. The van der Waals surface area contributed by atoms with Gasteiger partial charge in [0.05, 0.1) is 118 Å². The first-order valence-corrected chi connectivity index (χ1v) is 17.2. The van der Waals surface area contributed by atoms with Gasteiger partial charge in [-0.3, -0.25) is 0 Å². The molecule has 2 rings (SSSR count). The van der Waals surface area contributed by atoms with E-state index in [1.165, 1.54) is 0 Å². The van der Waals surface area contributed by atoms with Crippen LogP contribution in [0.3, 0.4) is 0 Å². The number of unbranched alkanes of at least 4 members (excludes halogenated alkanes) is 1. The number of anilines is 1. The molecule has 0 bridgehead atoms. The molecule has 1 fully saturated rings. The molecule has 0 radical (unpaired) electrons. The normalized spacial score (nSPS) is 14.8. The van der Waals surface area contributed by atoms with Crippen LogP contribution in [0.4, 0.5) is 5.69 Å². The van der Waals surface area contributed by atoms with Crippen molar-refractivity contribution in [3.8, 4) is 0 Å². The third-order valence-electron chi connectivity index (χ3n) is 6.71. The van der Waals surface area contributed by atoms with E-state index < -0.39 is 0 Å². The lowest BCUT2D eigenvalue weighted by molar-refractivity contribution is -0.169. The van der Waals surface area contributed by atoms with Crippen LogP contribution in [0.15, 0.2) is 24.3 Å². The molecule has 1 aromatic rings.